The maximum absolute atomic E-state index is 13.4. The van der Waals surface area contributed by atoms with Crippen LogP contribution in [0.5, 0.6) is 5.75 Å². The zero-order valence-electron chi connectivity index (χ0n) is 24.5. The first-order valence-electron chi connectivity index (χ1n) is 14.2. The molecule has 228 valence electrons. The topological polar surface area (TPSA) is 106 Å². The van der Waals surface area contributed by atoms with Gasteiger partial charge in [-0.2, -0.15) is 5.26 Å². The number of imidazole rings is 1. The van der Waals surface area contributed by atoms with E-state index in [2.05, 4.69) is 35.5 Å². The van der Waals surface area contributed by atoms with Crippen LogP contribution in [0, 0.1) is 17.2 Å². The third-order valence-corrected chi connectivity index (χ3v) is 8.15. The monoisotopic (exact) mass is 648 g/mol. The average Bonchev–Trinajstić information content (AvgIpc) is 3.42. The summed E-state index contributed by atoms with van der Waals surface area (Å²) in [6, 6.07) is 21.4. The number of amides is 1. The number of phenols is 1. The van der Waals surface area contributed by atoms with Crippen LogP contribution in [0.25, 0.3) is 0 Å². The van der Waals surface area contributed by atoms with Crippen LogP contribution in [-0.4, -0.2) is 43.2 Å². The van der Waals surface area contributed by atoms with E-state index in [4.69, 9.17) is 40.7 Å². The molecule has 0 saturated carbocycles. The lowest BCUT2D eigenvalue weighted by Crippen LogP contribution is -2.47. The summed E-state index contributed by atoms with van der Waals surface area (Å²) in [5.41, 5.74) is 3.90. The molecule has 0 aliphatic rings. The second-order valence-corrected chi connectivity index (χ2v) is 12.1. The molecule has 11 heteroatoms. The minimum atomic E-state index is -0.227. The number of anilines is 1. The molecule has 4 rings (SSSR count). The van der Waals surface area contributed by atoms with Gasteiger partial charge >= 0.3 is 0 Å². The molecule has 4 aromatic rings. The standard InChI is InChI=1S/C33H34Cl2N6O2S/c1-22(2)14-27(38-31(43)15-28-17-37-21-41(28)18-24-8-6-23(16-36)7-9-24)20-40(19-25-4-3-5-30(34)32(25)35)33(44)39-26-10-12-29(42)13-11-26/h3-13,17,21-22,27,42H,14-15,18-20H2,1-2H3,(H,38,43)(H,39,44)/t27-/m0/s1. The van der Waals surface area contributed by atoms with Gasteiger partial charge in [0.05, 0.1) is 34.4 Å². The van der Waals surface area contributed by atoms with Crippen molar-refractivity contribution in [3.8, 4) is 11.8 Å². The van der Waals surface area contributed by atoms with Crippen molar-refractivity contribution in [2.75, 3.05) is 11.9 Å². The second kappa shape index (κ2) is 15.6. The van der Waals surface area contributed by atoms with E-state index in [0.29, 0.717) is 46.3 Å². The molecule has 0 radical (unpaired) electrons. The minimum Gasteiger partial charge on any atom is -0.508 e. The smallest absolute Gasteiger partial charge is 0.226 e. The number of benzene rings is 3. The molecule has 8 nitrogen and oxygen atoms in total. The molecule has 0 saturated heterocycles. The summed E-state index contributed by atoms with van der Waals surface area (Å²) in [7, 11) is 0. The number of carbonyl (C=O) groups is 1. The van der Waals surface area contributed by atoms with Crippen LogP contribution in [-0.2, 0) is 24.3 Å². The van der Waals surface area contributed by atoms with Crippen molar-refractivity contribution in [1.29, 1.82) is 5.26 Å². The number of nitrogens with one attached hydrogen (secondary N) is 2. The van der Waals surface area contributed by atoms with Gasteiger partial charge in [0.25, 0.3) is 0 Å². The van der Waals surface area contributed by atoms with Gasteiger partial charge in [0.1, 0.15) is 5.75 Å². The highest BCUT2D eigenvalue weighted by Crippen LogP contribution is 2.27. The van der Waals surface area contributed by atoms with Crippen LogP contribution >= 0.6 is 35.4 Å². The SMILES string of the molecule is CC(C)C[C@@H](CN(Cc1cccc(Cl)c1Cl)C(=S)Nc1ccc(O)cc1)NC(=O)Cc1cncn1Cc1ccc(C#N)cc1. The lowest BCUT2D eigenvalue weighted by Gasteiger charge is -2.32. The van der Waals surface area contributed by atoms with Crippen LogP contribution in [0.1, 0.15) is 42.7 Å². The fourth-order valence-corrected chi connectivity index (χ4v) is 5.46. The molecule has 0 aliphatic carbocycles. The summed E-state index contributed by atoms with van der Waals surface area (Å²) < 4.78 is 1.93. The molecule has 1 aromatic heterocycles. The molecule has 0 fully saturated rings. The lowest BCUT2D eigenvalue weighted by atomic mass is 10.0. The van der Waals surface area contributed by atoms with Crippen molar-refractivity contribution in [3.63, 3.8) is 0 Å². The highest BCUT2D eigenvalue weighted by molar-refractivity contribution is 7.80. The number of nitrogens with zero attached hydrogens (tertiary/aromatic N) is 4. The van der Waals surface area contributed by atoms with Crippen LogP contribution < -0.4 is 10.6 Å². The number of halogens is 2. The van der Waals surface area contributed by atoms with Gasteiger partial charge in [-0.15, -0.1) is 0 Å². The summed E-state index contributed by atoms with van der Waals surface area (Å²) in [6.45, 7) is 5.54. The number of aromatic hydroxyl groups is 1. The zero-order valence-corrected chi connectivity index (χ0v) is 26.8. The Balaban J connectivity index is 1.50. The van der Waals surface area contributed by atoms with E-state index in [9.17, 15) is 9.90 Å². The molecule has 3 N–H and O–H groups in total. The average molecular weight is 650 g/mol. The number of hydrogen-bond donors (Lipinski definition) is 3. The molecule has 1 atom stereocenters. The predicted molar refractivity (Wildman–Crippen MR) is 179 cm³/mol. The number of thiocarbonyl (C=S) groups is 1. The largest absolute Gasteiger partial charge is 0.508 e. The maximum atomic E-state index is 13.4. The Kier molecular flexibility index (Phi) is 11.6. The van der Waals surface area contributed by atoms with E-state index in [1.165, 1.54) is 0 Å². The fourth-order valence-electron chi connectivity index (χ4n) is 4.82. The number of aromatic nitrogens is 2. The number of nitriles is 1. The number of phenolic OH excluding ortho intramolecular Hbond substituents is 1. The van der Waals surface area contributed by atoms with Crippen molar-refractivity contribution >= 4 is 52.1 Å². The first-order valence-corrected chi connectivity index (χ1v) is 15.3. The van der Waals surface area contributed by atoms with Crippen LogP contribution in [0.15, 0.2) is 79.3 Å². The van der Waals surface area contributed by atoms with Crippen LogP contribution in [0.2, 0.25) is 10.0 Å². The van der Waals surface area contributed by atoms with E-state index in [0.717, 1.165) is 28.9 Å². The first kappa shape index (κ1) is 32.8. The van der Waals surface area contributed by atoms with Gasteiger partial charge in [0.2, 0.25) is 5.91 Å². The van der Waals surface area contributed by atoms with E-state index in [1.807, 2.05) is 33.7 Å². The fraction of sp³-hybridized carbons (Fsp3) is 0.273. The van der Waals surface area contributed by atoms with Gasteiger partial charge in [-0.25, -0.2) is 4.98 Å². The van der Waals surface area contributed by atoms with Gasteiger partial charge in [-0.3, -0.25) is 4.79 Å². The summed E-state index contributed by atoms with van der Waals surface area (Å²) in [4.78, 5) is 19.6. The molecule has 0 aliphatic heterocycles. The van der Waals surface area contributed by atoms with Gasteiger partial charge in [0.15, 0.2) is 5.11 Å². The Hall–Kier alpha value is -4.10. The number of hydrogen-bond acceptors (Lipinski definition) is 5. The summed E-state index contributed by atoms with van der Waals surface area (Å²) in [5, 5.41) is 26.6. The van der Waals surface area contributed by atoms with Crippen LogP contribution in [0.3, 0.4) is 0 Å². The molecule has 3 aromatic carbocycles. The van der Waals surface area contributed by atoms with E-state index >= 15 is 0 Å². The normalized spacial score (nSPS) is 11.5. The lowest BCUT2D eigenvalue weighted by molar-refractivity contribution is -0.121. The third-order valence-electron chi connectivity index (χ3n) is 6.94. The van der Waals surface area contributed by atoms with Gasteiger partial charge in [0, 0.05) is 43.3 Å². The van der Waals surface area contributed by atoms with E-state index in [-0.39, 0.29) is 24.1 Å². The molecular formula is C33H34Cl2N6O2S. The van der Waals surface area contributed by atoms with Crippen molar-refractivity contribution in [3.05, 3.63) is 112 Å². The molecule has 0 bridgehead atoms. The number of carbonyl (C=O) groups excluding carboxylic acids is 1. The zero-order chi connectivity index (χ0) is 31.6. The summed E-state index contributed by atoms with van der Waals surface area (Å²) >= 11 is 18.7. The highest BCUT2D eigenvalue weighted by atomic mass is 35.5. The highest BCUT2D eigenvalue weighted by Gasteiger charge is 2.22. The molecule has 44 heavy (non-hydrogen) atoms. The van der Waals surface area contributed by atoms with Gasteiger partial charge in [-0.1, -0.05) is 61.3 Å². The summed E-state index contributed by atoms with van der Waals surface area (Å²) in [6.07, 6.45) is 4.28. The number of rotatable bonds is 12. The van der Waals surface area contributed by atoms with Crippen molar-refractivity contribution in [2.24, 2.45) is 5.92 Å². The Morgan fingerprint density at radius 1 is 1.11 bits per heavy atom. The molecule has 0 unspecified atom stereocenters. The maximum Gasteiger partial charge on any atom is 0.226 e. The van der Waals surface area contributed by atoms with Crippen molar-refractivity contribution in [2.45, 2.75) is 45.8 Å². The van der Waals surface area contributed by atoms with E-state index in [1.54, 1.807) is 55.0 Å². The third kappa shape index (κ3) is 9.45. The minimum absolute atomic E-state index is 0.129. The molecular weight excluding hydrogens is 615 g/mol. The Morgan fingerprint density at radius 3 is 2.52 bits per heavy atom. The Morgan fingerprint density at radius 2 is 1.84 bits per heavy atom. The Labute approximate surface area is 273 Å². The van der Waals surface area contributed by atoms with Gasteiger partial charge < -0.3 is 25.2 Å². The summed E-state index contributed by atoms with van der Waals surface area (Å²) in [5.74, 6) is 0.329. The van der Waals surface area contributed by atoms with Crippen molar-refractivity contribution in [1.82, 2.24) is 19.8 Å². The quantitative estimate of drug-likeness (QED) is 0.115. The molecule has 1 amide bonds. The Bertz CT molecular complexity index is 1620. The first-order chi connectivity index (χ1) is 21.1. The molecule has 1 heterocycles. The van der Waals surface area contributed by atoms with Crippen LogP contribution in [0.4, 0.5) is 5.69 Å². The second-order valence-electron chi connectivity index (χ2n) is 11.0. The van der Waals surface area contributed by atoms with Crippen molar-refractivity contribution < 1.29 is 9.90 Å². The predicted octanol–water partition coefficient (Wildman–Crippen LogP) is 6.79. The van der Waals surface area contributed by atoms with Gasteiger partial charge in [-0.05, 0) is 78.1 Å². The molecule has 0 spiro atoms. The van der Waals surface area contributed by atoms with E-state index < -0.39 is 0 Å².